The van der Waals surface area contributed by atoms with Gasteiger partial charge in [-0.1, -0.05) is 6.92 Å². The smallest absolute Gasteiger partial charge is 0.0897 e. The van der Waals surface area contributed by atoms with Crippen LogP contribution in [0.5, 0.6) is 0 Å². The Bertz CT molecular complexity index is 196. The van der Waals surface area contributed by atoms with E-state index in [1.54, 1.807) is 0 Å². The summed E-state index contributed by atoms with van der Waals surface area (Å²) in [4.78, 5) is 2.50. The van der Waals surface area contributed by atoms with Crippen molar-refractivity contribution < 1.29 is 9.84 Å². The van der Waals surface area contributed by atoms with Gasteiger partial charge in [0.05, 0.1) is 18.8 Å². The van der Waals surface area contributed by atoms with E-state index in [9.17, 15) is 5.11 Å². The molecule has 0 bridgehead atoms. The van der Waals surface area contributed by atoms with Gasteiger partial charge in [0.2, 0.25) is 0 Å². The zero-order chi connectivity index (χ0) is 12.7. The van der Waals surface area contributed by atoms with Gasteiger partial charge in [0, 0.05) is 25.7 Å². The monoisotopic (exact) mass is 244 g/mol. The number of nitrogens with one attached hydrogen (secondary N) is 1. The summed E-state index contributed by atoms with van der Waals surface area (Å²) in [5.41, 5.74) is 0. The molecular formula is C13H28N2O2. The maximum absolute atomic E-state index is 9.64. The SMILES string of the molecule is CCN(CCNCC(O)COC(C)C)C1CC1. The van der Waals surface area contributed by atoms with Gasteiger partial charge in [-0.3, -0.25) is 4.90 Å². The van der Waals surface area contributed by atoms with E-state index in [4.69, 9.17) is 4.74 Å². The van der Waals surface area contributed by atoms with Crippen molar-refractivity contribution in [3.63, 3.8) is 0 Å². The molecule has 1 atom stereocenters. The fraction of sp³-hybridized carbons (Fsp3) is 1.00. The number of hydrogen-bond acceptors (Lipinski definition) is 4. The molecule has 1 aliphatic carbocycles. The molecule has 0 radical (unpaired) electrons. The van der Waals surface area contributed by atoms with E-state index in [1.807, 2.05) is 13.8 Å². The first kappa shape index (κ1) is 14.9. The fourth-order valence-corrected chi connectivity index (χ4v) is 1.89. The number of aliphatic hydroxyl groups excluding tert-OH is 1. The van der Waals surface area contributed by atoms with Crippen LogP contribution in [0.25, 0.3) is 0 Å². The fourth-order valence-electron chi connectivity index (χ4n) is 1.89. The van der Waals surface area contributed by atoms with Crippen molar-refractivity contribution in [1.82, 2.24) is 10.2 Å². The number of hydrogen-bond donors (Lipinski definition) is 2. The molecule has 4 nitrogen and oxygen atoms in total. The van der Waals surface area contributed by atoms with E-state index in [0.717, 1.165) is 25.7 Å². The first-order chi connectivity index (χ1) is 8.13. The average molecular weight is 244 g/mol. The van der Waals surface area contributed by atoms with Crippen molar-refractivity contribution in [2.45, 2.75) is 51.9 Å². The second-order valence-electron chi connectivity index (χ2n) is 5.10. The number of rotatable bonds is 10. The highest BCUT2D eigenvalue weighted by molar-refractivity contribution is 4.84. The van der Waals surface area contributed by atoms with Crippen molar-refractivity contribution in [2.75, 3.05) is 32.8 Å². The molecule has 0 aliphatic heterocycles. The minimum Gasteiger partial charge on any atom is -0.389 e. The lowest BCUT2D eigenvalue weighted by Gasteiger charge is -2.20. The summed E-state index contributed by atoms with van der Waals surface area (Å²) in [6.45, 7) is 10.4. The van der Waals surface area contributed by atoms with Gasteiger partial charge in [0.1, 0.15) is 0 Å². The summed E-state index contributed by atoms with van der Waals surface area (Å²) in [7, 11) is 0. The number of ether oxygens (including phenoxy) is 1. The lowest BCUT2D eigenvalue weighted by atomic mass is 10.3. The molecular weight excluding hydrogens is 216 g/mol. The number of likely N-dealkylation sites (N-methyl/N-ethyl adjacent to an activating group) is 1. The molecule has 1 saturated carbocycles. The third-order valence-electron chi connectivity index (χ3n) is 3.05. The second-order valence-corrected chi connectivity index (χ2v) is 5.10. The molecule has 0 amide bonds. The Morgan fingerprint density at radius 2 is 2.12 bits per heavy atom. The van der Waals surface area contributed by atoms with Gasteiger partial charge in [-0.25, -0.2) is 0 Å². The van der Waals surface area contributed by atoms with Gasteiger partial charge < -0.3 is 15.2 Å². The molecule has 0 heterocycles. The predicted molar refractivity (Wildman–Crippen MR) is 70.2 cm³/mol. The van der Waals surface area contributed by atoms with E-state index in [1.165, 1.54) is 12.8 Å². The van der Waals surface area contributed by atoms with Gasteiger partial charge in [0.25, 0.3) is 0 Å². The molecule has 2 N–H and O–H groups in total. The van der Waals surface area contributed by atoms with Crippen molar-refractivity contribution in [3.05, 3.63) is 0 Å². The van der Waals surface area contributed by atoms with Gasteiger partial charge in [-0.05, 0) is 33.2 Å². The molecule has 1 rings (SSSR count). The number of nitrogens with zero attached hydrogens (tertiary/aromatic N) is 1. The van der Waals surface area contributed by atoms with Gasteiger partial charge >= 0.3 is 0 Å². The molecule has 0 saturated heterocycles. The van der Waals surface area contributed by atoms with Crippen LogP contribution in [0.4, 0.5) is 0 Å². The van der Waals surface area contributed by atoms with Crippen LogP contribution in [0.2, 0.25) is 0 Å². The molecule has 1 fully saturated rings. The minimum absolute atomic E-state index is 0.190. The van der Waals surface area contributed by atoms with E-state index in [2.05, 4.69) is 17.1 Å². The van der Waals surface area contributed by atoms with Gasteiger partial charge in [-0.2, -0.15) is 0 Å². The highest BCUT2D eigenvalue weighted by Gasteiger charge is 2.26. The second kappa shape index (κ2) is 8.03. The van der Waals surface area contributed by atoms with Crippen LogP contribution >= 0.6 is 0 Å². The summed E-state index contributed by atoms with van der Waals surface area (Å²) < 4.78 is 5.35. The first-order valence-corrected chi connectivity index (χ1v) is 6.88. The summed E-state index contributed by atoms with van der Waals surface area (Å²) in [5, 5.41) is 12.9. The maximum atomic E-state index is 9.64. The minimum atomic E-state index is -0.395. The molecule has 0 aromatic carbocycles. The van der Waals surface area contributed by atoms with E-state index in [0.29, 0.717) is 13.2 Å². The topological polar surface area (TPSA) is 44.7 Å². The highest BCUT2D eigenvalue weighted by Crippen LogP contribution is 2.25. The summed E-state index contributed by atoms with van der Waals surface area (Å²) in [5.74, 6) is 0. The van der Waals surface area contributed by atoms with Crippen molar-refractivity contribution in [1.29, 1.82) is 0 Å². The van der Waals surface area contributed by atoms with Crippen molar-refractivity contribution >= 4 is 0 Å². The lowest BCUT2D eigenvalue weighted by molar-refractivity contribution is 0.00630. The van der Waals surface area contributed by atoms with Crippen LogP contribution in [-0.2, 0) is 4.74 Å². The number of aliphatic hydroxyl groups is 1. The molecule has 0 spiro atoms. The summed E-state index contributed by atoms with van der Waals surface area (Å²) in [6, 6.07) is 0.830. The van der Waals surface area contributed by atoms with Gasteiger partial charge in [-0.15, -0.1) is 0 Å². The molecule has 1 unspecified atom stereocenters. The molecule has 1 aliphatic rings. The quantitative estimate of drug-likeness (QED) is 0.559. The van der Waals surface area contributed by atoms with Crippen molar-refractivity contribution in [3.8, 4) is 0 Å². The molecule has 17 heavy (non-hydrogen) atoms. The van der Waals surface area contributed by atoms with Crippen LogP contribution < -0.4 is 5.32 Å². The Hall–Kier alpha value is -0.160. The van der Waals surface area contributed by atoms with Crippen LogP contribution in [0, 0.1) is 0 Å². The maximum Gasteiger partial charge on any atom is 0.0897 e. The Morgan fingerprint density at radius 1 is 1.41 bits per heavy atom. The highest BCUT2D eigenvalue weighted by atomic mass is 16.5. The largest absolute Gasteiger partial charge is 0.389 e. The summed E-state index contributed by atoms with van der Waals surface area (Å²) >= 11 is 0. The lowest BCUT2D eigenvalue weighted by Crippen LogP contribution is -2.37. The standard InChI is InChI=1S/C13H28N2O2/c1-4-15(12-5-6-12)8-7-14-9-13(16)10-17-11(2)3/h11-14,16H,4-10H2,1-3H3. The zero-order valence-corrected chi connectivity index (χ0v) is 11.5. The Kier molecular flexibility index (Phi) is 7.04. The summed E-state index contributed by atoms with van der Waals surface area (Å²) in [6.07, 6.45) is 2.51. The van der Waals surface area contributed by atoms with Crippen LogP contribution in [-0.4, -0.2) is 61.0 Å². The zero-order valence-electron chi connectivity index (χ0n) is 11.5. The molecule has 0 aromatic heterocycles. The van der Waals surface area contributed by atoms with Crippen molar-refractivity contribution in [2.24, 2.45) is 0 Å². The Balaban J connectivity index is 1.95. The van der Waals surface area contributed by atoms with Crippen LogP contribution in [0.15, 0.2) is 0 Å². The normalized spacial score (nSPS) is 18.0. The van der Waals surface area contributed by atoms with E-state index in [-0.39, 0.29) is 6.10 Å². The van der Waals surface area contributed by atoms with Gasteiger partial charge in [0.15, 0.2) is 0 Å². The third kappa shape index (κ3) is 6.99. The average Bonchev–Trinajstić information content (AvgIpc) is 3.10. The molecule has 102 valence electrons. The predicted octanol–water partition coefficient (Wildman–Crippen LogP) is 0.846. The molecule has 4 heteroatoms. The van der Waals surface area contributed by atoms with Crippen LogP contribution in [0.3, 0.4) is 0 Å². The first-order valence-electron chi connectivity index (χ1n) is 6.88. The van der Waals surface area contributed by atoms with E-state index < -0.39 is 6.10 Å². The Labute approximate surface area is 105 Å². The van der Waals surface area contributed by atoms with Crippen LogP contribution in [0.1, 0.15) is 33.6 Å². The third-order valence-corrected chi connectivity index (χ3v) is 3.05. The van der Waals surface area contributed by atoms with E-state index >= 15 is 0 Å². The Morgan fingerprint density at radius 3 is 2.65 bits per heavy atom. The molecule has 0 aromatic rings.